The van der Waals surface area contributed by atoms with E-state index in [2.05, 4.69) is 6.07 Å². The van der Waals surface area contributed by atoms with Crippen molar-refractivity contribution in [2.75, 3.05) is 0 Å². The van der Waals surface area contributed by atoms with Crippen LogP contribution in [0.3, 0.4) is 0 Å². The van der Waals surface area contributed by atoms with Gasteiger partial charge in [0.05, 0.1) is 11.5 Å². The molecule has 0 saturated heterocycles. The van der Waals surface area contributed by atoms with E-state index in [-0.39, 0.29) is 5.41 Å². The van der Waals surface area contributed by atoms with Crippen molar-refractivity contribution in [3.05, 3.63) is 0 Å². The second-order valence-electron chi connectivity index (χ2n) is 3.75. The zero-order valence-electron chi connectivity index (χ0n) is 6.27. The highest BCUT2D eigenvalue weighted by Gasteiger charge is 2.47. The van der Waals surface area contributed by atoms with Crippen molar-refractivity contribution in [3.63, 3.8) is 0 Å². The molecule has 2 fully saturated rings. The lowest BCUT2D eigenvalue weighted by molar-refractivity contribution is 0.0430. The van der Waals surface area contributed by atoms with Gasteiger partial charge < -0.3 is 0 Å². The second kappa shape index (κ2) is 1.99. The van der Waals surface area contributed by atoms with Crippen LogP contribution in [0.2, 0.25) is 0 Å². The highest BCUT2D eigenvalue weighted by atomic mass is 14.5. The molecular formula is C9H13N. The van der Waals surface area contributed by atoms with Crippen molar-refractivity contribution in [2.24, 2.45) is 11.3 Å². The minimum atomic E-state index is 0.165. The first-order valence-corrected chi connectivity index (χ1v) is 4.29. The number of hydrogen-bond acceptors (Lipinski definition) is 1. The SMILES string of the molecule is N#CC12CCCC[C@H]1CC2. The Hall–Kier alpha value is -0.510. The molecule has 2 aliphatic carbocycles. The fourth-order valence-electron chi connectivity index (χ4n) is 2.48. The molecule has 0 bridgehead atoms. The lowest BCUT2D eigenvalue weighted by Crippen LogP contribution is -2.41. The fourth-order valence-corrected chi connectivity index (χ4v) is 2.48. The summed E-state index contributed by atoms with van der Waals surface area (Å²) in [4.78, 5) is 0. The highest BCUT2D eigenvalue weighted by Crippen LogP contribution is 2.54. The first-order valence-electron chi connectivity index (χ1n) is 4.29. The lowest BCUT2D eigenvalue weighted by Gasteiger charge is -2.47. The first kappa shape index (κ1) is 6.22. The molecule has 0 aromatic heterocycles. The van der Waals surface area contributed by atoms with Gasteiger partial charge in [-0.3, -0.25) is 0 Å². The maximum absolute atomic E-state index is 8.92. The van der Waals surface area contributed by atoms with Crippen molar-refractivity contribution in [3.8, 4) is 6.07 Å². The fraction of sp³-hybridized carbons (Fsp3) is 0.889. The molecule has 0 amide bonds. The lowest BCUT2D eigenvalue weighted by atomic mass is 9.54. The maximum atomic E-state index is 8.92. The summed E-state index contributed by atoms with van der Waals surface area (Å²) in [5.74, 6) is 0.784. The number of fused-ring (bicyclic) bond motifs is 1. The Bertz CT molecular complexity index is 180. The van der Waals surface area contributed by atoms with Gasteiger partial charge in [-0.15, -0.1) is 0 Å². The zero-order chi connectivity index (χ0) is 7.03. The van der Waals surface area contributed by atoms with Gasteiger partial charge in [0.25, 0.3) is 0 Å². The van der Waals surface area contributed by atoms with Crippen LogP contribution in [0.25, 0.3) is 0 Å². The van der Waals surface area contributed by atoms with Gasteiger partial charge in [0.15, 0.2) is 0 Å². The van der Waals surface area contributed by atoms with Gasteiger partial charge in [-0.05, 0) is 31.6 Å². The molecule has 2 rings (SSSR count). The molecule has 2 saturated carbocycles. The van der Waals surface area contributed by atoms with E-state index in [4.69, 9.17) is 5.26 Å². The molecule has 54 valence electrons. The van der Waals surface area contributed by atoms with E-state index in [0.717, 1.165) is 5.92 Å². The minimum Gasteiger partial charge on any atom is -0.198 e. The van der Waals surface area contributed by atoms with Gasteiger partial charge in [0.2, 0.25) is 0 Å². The van der Waals surface area contributed by atoms with Crippen LogP contribution in [-0.2, 0) is 0 Å². The second-order valence-corrected chi connectivity index (χ2v) is 3.75. The summed E-state index contributed by atoms with van der Waals surface area (Å²) >= 11 is 0. The van der Waals surface area contributed by atoms with Gasteiger partial charge in [-0.25, -0.2) is 0 Å². The van der Waals surface area contributed by atoms with Crippen molar-refractivity contribution in [2.45, 2.75) is 38.5 Å². The monoisotopic (exact) mass is 135 g/mol. The number of nitriles is 1. The van der Waals surface area contributed by atoms with E-state index in [1.165, 1.54) is 38.5 Å². The normalized spacial score (nSPS) is 44.9. The molecule has 0 N–H and O–H groups in total. The van der Waals surface area contributed by atoms with Crippen LogP contribution < -0.4 is 0 Å². The smallest absolute Gasteiger partial charge is 0.0692 e. The average Bonchev–Trinajstić information content (AvgIpc) is 1.93. The third-order valence-electron chi connectivity index (χ3n) is 3.37. The Morgan fingerprint density at radius 1 is 1.20 bits per heavy atom. The Morgan fingerprint density at radius 2 is 2.10 bits per heavy atom. The van der Waals surface area contributed by atoms with E-state index in [0.29, 0.717) is 0 Å². The Morgan fingerprint density at radius 3 is 2.50 bits per heavy atom. The molecule has 0 radical (unpaired) electrons. The molecule has 10 heavy (non-hydrogen) atoms. The summed E-state index contributed by atoms with van der Waals surface area (Å²) in [5, 5.41) is 8.92. The summed E-state index contributed by atoms with van der Waals surface area (Å²) in [6.45, 7) is 0. The zero-order valence-corrected chi connectivity index (χ0v) is 6.27. The topological polar surface area (TPSA) is 23.8 Å². The number of hydrogen-bond donors (Lipinski definition) is 0. The molecule has 0 aromatic rings. The summed E-state index contributed by atoms with van der Waals surface area (Å²) < 4.78 is 0. The van der Waals surface area contributed by atoms with Crippen LogP contribution in [0.4, 0.5) is 0 Å². The molecule has 2 aliphatic rings. The standard InChI is InChI=1S/C9H13N/c10-7-9-5-2-1-3-8(9)4-6-9/h8H,1-6H2/t8-,9?/m0/s1. The summed E-state index contributed by atoms with van der Waals surface area (Å²) in [6.07, 6.45) is 7.70. The van der Waals surface area contributed by atoms with Crippen LogP contribution >= 0.6 is 0 Å². The molecule has 0 spiro atoms. The van der Waals surface area contributed by atoms with E-state index < -0.39 is 0 Å². The molecular weight excluding hydrogens is 122 g/mol. The molecule has 1 heteroatoms. The minimum absolute atomic E-state index is 0.165. The molecule has 2 atom stereocenters. The predicted molar refractivity (Wildman–Crippen MR) is 39.2 cm³/mol. The van der Waals surface area contributed by atoms with Crippen molar-refractivity contribution >= 4 is 0 Å². The summed E-state index contributed by atoms with van der Waals surface area (Å²) in [6, 6.07) is 2.52. The summed E-state index contributed by atoms with van der Waals surface area (Å²) in [7, 11) is 0. The summed E-state index contributed by atoms with van der Waals surface area (Å²) in [5.41, 5.74) is 0.165. The Labute approximate surface area is 62.0 Å². The van der Waals surface area contributed by atoms with E-state index in [1.807, 2.05) is 0 Å². The van der Waals surface area contributed by atoms with Crippen LogP contribution in [0, 0.1) is 22.7 Å². The van der Waals surface area contributed by atoms with Crippen molar-refractivity contribution in [1.29, 1.82) is 5.26 Å². The van der Waals surface area contributed by atoms with E-state index >= 15 is 0 Å². The quantitative estimate of drug-likeness (QED) is 0.500. The van der Waals surface area contributed by atoms with Gasteiger partial charge in [-0.1, -0.05) is 12.8 Å². The molecule has 1 nitrogen and oxygen atoms in total. The Kier molecular flexibility index (Phi) is 1.23. The predicted octanol–water partition coefficient (Wildman–Crippen LogP) is 2.48. The van der Waals surface area contributed by atoms with Crippen LogP contribution in [0.15, 0.2) is 0 Å². The van der Waals surface area contributed by atoms with Crippen molar-refractivity contribution < 1.29 is 0 Å². The van der Waals surface area contributed by atoms with Gasteiger partial charge in [0.1, 0.15) is 0 Å². The number of nitrogens with zero attached hydrogens (tertiary/aromatic N) is 1. The molecule has 0 aromatic carbocycles. The largest absolute Gasteiger partial charge is 0.198 e. The highest BCUT2D eigenvalue weighted by molar-refractivity contribution is 5.10. The molecule has 1 unspecified atom stereocenters. The van der Waals surface area contributed by atoms with Gasteiger partial charge in [-0.2, -0.15) is 5.26 Å². The van der Waals surface area contributed by atoms with Crippen LogP contribution in [0.1, 0.15) is 38.5 Å². The van der Waals surface area contributed by atoms with Gasteiger partial charge in [0, 0.05) is 0 Å². The Balaban J connectivity index is 2.13. The number of rotatable bonds is 0. The third kappa shape index (κ3) is 0.624. The molecule has 0 aliphatic heterocycles. The van der Waals surface area contributed by atoms with Gasteiger partial charge >= 0.3 is 0 Å². The average molecular weight is 135 g/mol. The van der Waals surface area contributed by atoms with E-state index in [1.54, 1.807) is 0 Å². The molecule has 0 heterocycles. The first-order chi connectivity index (χ1) is 4.87. The van der Waals surface area contributed by atoms with Crippen LogP contribution in [0.5, 0.6) is 0 Å². The maximum Gasteiger partial charge on any atom is 0.0692 e. The third-order valence-corrected chi connectivity index (χ3v) is 3.37. The van der Waals surface area contributed by atoms with Crippen LogP contribution in [-0.4, -0.2) is 0 Å². The van der Waals surface area contributed by atoms with Crippen molar-refractivity contribution in [1.82, 2.24) is 0 Å². The van der Waals surface area contributed by atoms with E-state index in [9.17, 15) is 0 Å².